The molecule has 94 valence electrons. The van der Waals surface area contributed by atoms with Gasteiger partial charge in [0.2, 0.25) is 0 Å². The molecule has 0 unspecified atom stereocenters. The van der Waals surface area contributed by atoms with Crippen molar-refractivity contribution in [2.45, 2.75) is 20.3 Å². The largest absolute Gasteiger partial charge is 0.338 e. The molecule has 4 heteroatoms. The van der Waals surface area contributed by atoms with Crippen molar-refractivity contribution in [3.63, 3.8) is 0 Å². The molecule has 0 spiro atoms. The fourth-order valence-corrected chi connectivity index (χ4v) is 2.11. The number of urea groups is 1. The van der Waals surface area contributed by atoms with E-state index in [4.69, 9.17) is 0 Å². The fourth-order valence-electron chi connectivity index (χ4n) is 1.63. The molecule has 0 fully saturated rings. The predicted octanol–water partition coefficient (Wildman–Crippen LogP) is 3.04. The maximum absolute atomic E-state index is 11.7. The third-order valence-electron chi connectivity index (χ3n) is 2.68. The highest BCUT2D eigenvalue weighted by atomic mass is 79.9. The number of nitrogens with one attached hydrogen (secondary N) is 1. The lowest BCUT2D eigenvalue weighted by atomic mass is 10.1. The first-order chi connectivity index (χ1) is 8.19. The van der Waals surface area contributed by atoms with Crippen LogP contribution in [0, 0.1) is 0 Å². The summed E-state index contributed by atoms with van der Waals surface area (Å²) in [6.45, 7) is 6.13. The fraction of sp³-hybridized carbons (Fsp3) is 0.462. The highest BCUT2D eigenvalue weighted by molar-refractivity contribution is 9.10. The van der Waals surface area contributed by atoms with Crippen LogP contribution in [0.25, 0.3) is 0 Å². The van der Waals surface area contributed by atoms with E-state index in [-0.39, 0.29) is 6.03 Å². The molecule has 17 heavy (non-hydrogen) atoms. The number of hydrogen-bond donors (Lipinski definition) is 1. The summed E-state index contributed by atoms with van der Waals surface area (Å²) in [4.78, 5) is 13.5. The van der Waals surface area contributed by atoms with E-state index in [1.165, 1.54) is 5.56 Å². The van der Waals surface area contributed by atoms with Crippen LogP contribution in [-0.4, -0.2) is 30.6 Å². The van der Waals surface area contributed by atoms with Gasteiger partial charge in [-0.3, -0.25) is 0 Å². The molecule has 0 aliphatic rings. The Hall–Kier alpha value is -1.03. The summed E-state index contributed by atoms with van der Waals surface area (Å²) < 4.78 is 1.09. The summed E-state index contributed by atoms with van der Waals surface area (Å²) in [6.07, 6.45) is 0.842. The molecule has 0 aromatic heterocycles. The number of halogens is 1. The van der Waals surface area contributed by atoms with Crippen LogP contribution in [0.4, 0.5) is 4.79 Å². The predicted molar refractivity (Wildman–Crippen MR) is 74.2 cm³/mol. The summed E-state index contributed by atoms with van der Waals surface area (Å²) in [5.41, 5.74) is 1.22. The van der Waals surface area contributed by atoms with E-state index in [1.807, 2.05) is 32.0 Å². The molecule has 3 nitrogen and oxygen atoms in total. The number of carbonyl (C=O) groups excluding carboxylic acids is 1. The summed E-state index contributed by atoms with van der Waals surface area (Å²) >= 11 is 3.50. The van der Waals surface area contributed by atoms with Crippen molar-refractivity contribution in [3.05, 3.63) is 34.3 Å². The van der Waals surface area contributed by atoms with E-state index >= 15 is 0 Å². The van der Waals surface area contributed by atoms with Crippen molar-refractivity contribution in [1.82, 2.24) is 10.2 Å². The zero-order chi connectivity index (χ0) is 12.7. The molecule has 0 heterocycles. The first-order valence-electron chi connectivity index (χ1n) is 5.95. The van der Waals surface area contributed by atoms with Gasteiger partial charge in [0, 0.05) is 24.1 Å². The molecule has 2 amide bonds. The molecule has 1 rings (SSSR count). The van der Waals surface area contributed by atoms with Gasteiger partial charge in [-0.25, -0.2) is 4.79 Å². The molecule has 0 saturated heterocycles. The second-order valence-corrected chi connectivity index (χ2v) is 4.60. The smallest absolute Gasteiger partial charge is 0.317 e. The molecule has 1 aromatic carbocycles. The minimum absolute atomic E-state index is 0.0158. The Bertz CT molecular complexity index is 364. The minimum Gasteiger partial charge on any atom is -0.338 e. The summed E-state index contributed by atoms with van der Waals surface area (Å²) in [5, 5.41) is 2.93. The monoisotopic (exact) mass is 298 g/mol. The summed E-state index contributed by atoms with van der Waals surface area (Å²) in [6, 6.07) is 8.09. The van der Waals surface area contributed by atoms with Crippen LogP contribution in [0.1, 0.15) is 19.4 Å². The molecular weight excluding hydrogens is 280 g/mol. The van der Waals surface area contributed by atoms with Gasteiger partial charge in [-0.1, -0.05) is 34.1 Å². The van der Waals surface area contributed by atoms with Crippen molar-refractivity contribution in [3.8, 4) is 0 Å². The van der Waals surface area contributed by atoms with E-state index < -0.39 is 0 Å². The van der Waals surface area contributed by atoms with Crippen LogP contribution < -0.4 is 5.32 Å². The lowest BCUT2D eigenvalue weighted by Crippen LogP contribution is -2.40. The number of amides is 2. The Balaban J connectivity index is 2.38. The Morgan fingerprint density at radius 2 is 1.94 bits per heavy atom. The standard InChI is InChI=1S/C13H19BrN2O/c1-3-16(4-2)13(17)15-10-9-11-7-5-6-8-12(11)14/h5-8H,3-4,9-10H2,1-2H3,(H,15,17). The first kappa shape index (κ1) is 14.0. The van der Waals surface area contributed by atoms with E-state index in [0.717, 1.165) is 24.0 Å². The van der Waals surface area contributed by atoms with Crippen LogP contribution in [-0.2, 0) is 6.42 Å². The molecule has 0 bridgehead atoms. The third-order valence-corrected chi connectivity index (χ3v) is 3.45. The molecule has 0 atom stereocenters. The highest BCUT2D eigenvalue weighted by Crippen LogP contribution is 2.15. The van der Waals surface area contributed by atoms with Gasteiger partial charge in [-0.15, -0.1) is 0 Å². The van der Waals surface area contributed by atoms with Crippen LogP contribution in [0.2, 0.25) is 0 Å². The SMILES string of the molecule is CCN(CC)C(=O)NCCc1ccccc1Br. The van der Waals surface area contributed by atoms with E-state index in [1.54, 1.807) is 4.90 Å². The van der Waals surface area contributed by atoms with Crippen molar-refractivity contribution in [2.75, 3.05) is 19.6 Å². The second-order valence-electron chi connectivity index (χ2n) is 3.75. The number of carbonyl (C=O) groups is 1. The minimum atomic E-state index is 0.0158. The van der Waals surface area contributed by atoms with E-state index in [9.17, 15) is 4.79 Å². The summed E-state index contributed by atoms with van der Waals surface area (Å²) in [5.74, 6) is 0. The number of rotatable bonds is 5. The first-order valence-corrected chi connectivity index (χ1v) is 6.74. The number of hydrogen-bond acceptors (Lipinski definition) is 1. The average Bonchev–Trinajstić information content (AvgIpc) is 2.33. The van der Waals surface area contributed by atoms with Gasteiger partial charge in [0.05, 0.1) is 0 Å². The van der Waals surface area contributed by atoms with Gasteiger partial charge in [-0.05, 0) is 31.9 Å². The van der Waals surface area contributed by atoms with Crippen molar-refractivity contribution in [2.24, 2.45) is 0 Å². The normalized spacial score (nSPS) is 10.1. The maximum atomic E-state index is 11.7. The van der Waals surface area contributed by atoms with Gasteiger partial charge in [-0.2, -0.15) is 0 Å². The topological polar surface area (TPSA) is 32.3 Å². The lowest BCUT2D eigenvalue weighted by Gasteiger charge is -2.19. The Morgan fingerprint density at radius 3 is 2.53 bits per heavy atom. The molecule has 0 saturated carbocycles. The Morgan fingerprint density at radius 1 is 1.29 bits per heavy atom. The second kappa shape index (κ2) is 7.33. The maximum Gasteiger partial charge on any atom is 0.317 e. The zero-order valence-electron chi connectivity index (χ0n) is 10.4. The lowest BCUT2D eigenvalue weighted by molar-refractivity contribution is 0.203. The van der Waals surface area contributed by atoms with Crippen LogP contribution in [0.15, 0.2) is 28.7 Å². The van der Waals surface area contributed by atoms with Crippen molar-refractivity contribution < 1.29 is 4.79 Å². The average molecular weight is 299 g/mol. The molecule has 1 N–H and O–H groups in total. The van der Waals surface area contributed by atoms with Gasteiger partial charge in [0.1, 0.15) is 0 Å². The van der Waals surface area contributed by atoms with Crippen LogP contribution in [0.3, 0.4) is 0 Å². The van der Waals surface area contributed by atoms with Gasteiger partial charge in [0.25, 0.3) is 0 Å². The van der Waals surface area contributed by atoms with Gasteiger partial charge >= 0.3 is 6.03 Å². The van der Waals surface area contributed by atoms with Crippen LogP contribution >= 0.6 is 15.9 Å². The Kier molecular flexibility index (Phi) is 6.05. The quantitative estimate of drug-likeness (QED) is 0.890. The molecule has 0 aliphatic heterocycles. The van der Waals surface area contributed by atoms with E-state index in [2.05, 4.69) is 27.3 Å². The van der Waals surface area contributed by atoms with Crippen LogP contribution in [0.5, 0.6) is 0 Å². The van der Waals surface area contributed by atoms with Gasteiger partial charge < -0.3 is 10.2 Å². The highest BCUT2D eigenvalue weighted by Gasteiger charge is 2.07. The third kappa shape index (κ3) is 4.38. The Labute approximate surface area is 111 Å². The number of benzene rings is 1. The molecule has 0 aliphatic carbocycles. The number of nitrogens with zero attached hydrogens (tertiary/aromatic N) is 1. The van der Waals surface area contributed by atoms with Gasteiger partial charge in [0.15, 0.2) is 0 Å². The zero-order valence-corrected chi connectivity index (χ0v) is 12.0. The van der Waals surface area contributed by atoms with Crippen molar-refractivity contribution >= 4 is 22.0 Å². The molecule has 0 radical (unpaired) electrons. The van der Waals surface area contributed by atoms with E-state index in [0.29, 0.717) is 6.54 Å². The summed E-state index contributed by atoms with van der Waals surface area (Å²) in [7, 11) is 0. The molecule has 1 aromatic rings. The molecular formula is C13H19BrN2O. The van der Waals surface area contributed by atoms with Crippen molar-refractivity contribution in [1.29, 1.82) is 0 Å².